The topological polar surface area (TPSA) is 101 Å². The average Bonchev–Trinajstić information content (AvgIpc) is 3.65. The van der Waals surface area contributed by atoms with Gasteiger partial charge in [-0.25, -0.2) is 13.4 Å². The zero-order valence-corrected chi connectivity index (χ0v) is 19.3. The number of anilines is 2. The molecule has 2 heterocycles. The van der Waals surface area contributed by atoms with E-state index >= 15 is 0 Å². The Hall–Kier alpha value is -3.99. The lowest BCUT2D eigenvalue weighted by Crippen LogP contribution is -2.15. The maximum Gasteiger partial charge on any atom is 0.418 e. The predicted octanol–water partition coefficient (Wildman–Crippen LogP) is 5.19. The van der Waals surface area contributed by atoms with Gasteiger partial charge in [0.15, 0.2) is 0 Å². The van der Waals surface area contributed by atoms with Crippen molar-refractivity contribution in [2.75, 3.05) is 10.0 Å². The molecule has 2 N–H and O–H groups in total. The number of pyridine rings is 2. The monoisotopic (exact) mass is 512 g/mol. The minimum atomic E-state index is -4.57. The fraction of sp³-hybridized carbons (Fsp3) is 0.160. The van der Waals surface area contributed by atoms with Crippen molar-refractivity contribution in [2.45, 2.75) is 23.4 Å². The van der Waals surface area contributed by atoms with Crippen LogP contribution in [0.4, 0.5) is 24.7 Å². The quantitative estimate of drug-likeness (QED) is 0.370. The van der Waals surface area contributed by atoms with Crippen LogP contribution in [0, 0.1) is 5.92 Å². The molecule has 0 bridgehead atoms. The maximum absolute atomic E-state index is 13.3. The molecule has 1 aliphatic carbocycles. The second-order valence-corrected chi connectivity index (χ2v) is 10.1. The van der Waals surface area contributed by atoms with Crippen LogP contribution in [0.5, 0.6) is 0 Å². The van der Waals surface area contributed by atoms with E-state index in [2.05, 4.69) is 20.0 Å². The van der Waals surface area contributed by atoms with Crippen molar-refractivity contribution in [1.82, 2.24) is 9.97 Å². The molecule has 1 saturated carbocycles. The summed E-state index contributed by atoms with van der Waals surface area (Å²) in [6.45, 7) is 0. The second-order valence-electron chi connectivity index (χ2n) is 8.45. The molecule has 1 unspecified atom stereocenters. The van der Waals surface area contributed by atoms with Gasteiger partial charge in [0.2, 0.25) is 5.91 Å². The Labute approximate surface area is 204 Å². The van der Waals surface area contributed by atoms with Gasteiger partial charge in [0, 0.05) is 35.6 Å². The molecular formula is C25H19F3N4O3S. The highest BCUT2D eigenvalue weighted by Gasteiger charge is 2.44. The van der Waals surface area contributed by atoms with Gasteiger partial charge in [0.05, 0.1) is 10.5 Å². The van der Waals surface area contributed by atoms with Gasteiger partial charge in [-0.1, -0.05) is 24.3 Å². The van der Waals surface area contributed by atoms with E-state index in [0.717, 1.165) is 11.8 Å². The molecule has 184 valence electrons. The van der Waals surface area contributed by atoms with E-state index in [9.17, 15) is 26.4 Å². The number of amides is 1. The number of carbonyl (C=O) groups excluding carboxylic acids is 1. The van der Waals surface area contributed by atoms with Crippen LogP contribution in [0.3, 0.4) is 0 Å². The molecule has 0 spiro atoms. The number of carbonyl (C=O) groups is 1. The van der Waals surface area contributed by atoms with Crippen molar-refractivity contribution in [1.29, 1.82) is 0 Å². The molecule has 2 aromatic heterocycles. The summed E-state index contributed by atoms with van der Waals surface area (Å²) in [5.74, 6) is -0.585. The molecule has 36 heavy (non-hydrogen) atoms. The summed E-state index contributed by atoms with van der Waals surface area (Å²) in [6.07, 6.45) is -0.439. The highest BCUT2D eigenvalue weighted by atomic mass is 32.2. The molecule has 5 rings (SSSR count). The second kappa shape index (κ2) is 8.90. The molecule has 0 aliphatic heterocycles. The van der Waals surface area contributed by atoms with Crippen molar-refractivity contribution < 1.29 is 26.4 Å². The number of aromatic nitrogens is 2. The van der Waals surface area contributed by atoms with Crippen LogP contribution in [0.2, 0.25) is 0 Å². The number of sulfonamides is 1. The third kappa shape index (κ3) is 4.87. The first-order valence-corrected chi connectivity index (χ1v) is 12.4. The van der Waals surface area contributed by atoms with E-state index in [1.807, 2.05) is 0 Å². The normalized spacial score (nSPS) is 17.5. The summed E-state index contributed by atoms with van der Waals surface area (Å²) in [5, 5.41) is 2.97. The number of rotatable bonds is 6. The Morgan fingerprint density at radius 1 is 1.00 bits per heavy atom. The van der Waals surface area contributed by atoms with Gasteiger partial charge in [-0.05, 0) is 59.7 Å². The van der Waals surface area contributed by atoms with E-state index < -0.39 is 21.8 Å². The number of nitrogens with zero attached hydrogens (tertiary/aromatic N) is 2. The highest BCUT2D eigenvalue weighted by molar-refractivity contribution is 7.92. The third-order valence-electron chi connectivity index (χ3n) is 5.98. The van der Waals surface area contributed by atoms with Gasteiger partial charge in [-0.15, -0.1) is 0 Å². The Morgan fingerprint density at radius 2 is 1.78 bits per heavy atom. The molecule has 7 nitrogen and oxygen atoms in total. The smallest absolute Gasteiger partial charge is 0.326 e. The average molecular weight is 513 g/mol. The third-order valence-corrected chi connectivity index (χ3v) is 7.35. The maximum atomic E-state index is 13.3. The lowest BCUT2D eigenvalue weighted by atomic mass is 10.1. The van der Waals surface area contributed by atoms with Gasteiger partial charge in [-0.3, -0.25) is 14.5 Å². The highest BCUT2D eigenvalue weighted by Crippen LogP contribution is 2.48. The summed E-state index contributed by atoms with van der Waals surface area (Å²) in [4.78, 5) is 20.4. The zero-order valence-electron chi connectivity index (χ0n) is 18.5. The van der Waals surface area contributed by atoms with Crippen LogP contribution in [-0.4, -0.2) is 24.3 Å². The van der Waals surface area contributed by atoms with E-state index in [4.69, 9.17) is 0 Å². The predicted molar refractivity (Wildman–Crippen MR) is 128 cm³/mol. The molecule has 4 aromatic rings. The summed E-state index contributed by atoms with van der Waals surface area (Å²) >= 11 is 0. The molecule has 1 aliphatic rings. The first-order chi connectivity index (χ1) is 17.1. The Kier molecular flexibility index (Phi) is 5.87. The van der Waals surface area contributed by atoms with Crippen molar-refractivity contribution in [3.05, 3.63) is 90.4 Å². The molecule has 2 aromatic carbocycles. The number of fused-ring (bicyclic) bond motifs is 1. The molecule has 1 amide bonds. The van der Waals surface area contributed by atoms with Crippen molar-refractivity contribution in [3.8, 4) is 0 Å². The van der Waals surface area contributed by atoms with E-state index in [0.29, 0.717) is 11.8 Å². The molecule has 0 saturated heterocycles. The van der Waals surface area contributed by atoms with Gasteiger partial charge < -0.3 is 5.32 Å². The summed E-state index contributed by atoms with van der Waals surface area (Å²) in [6, 6.07) is 15.4. The zero-order chi connectivity index (χ0) is 25.5. The summed E-state index contributed by atoms with van der Waals surface area (Å²) in [7, 11) is -3.81. The van der Waals surface area contributed by atoms with Crippen LogP contribution in [0.1, 0.15) is 23.5 Å². The SMILES string of the molecule is O=C(Nc1ccc2cncc(C(F)(F)F)c2c1)[C@@H]1CC1c1ccc(S(=O)(=O)Nc2ccccn2)cc1. The van der Waals surface area contributed by atoms with Gasteiger partial charge >= 0.3 is 6.18 Å². The molecule has 0 radical (unpaired) electrons. The number of alkyl halides is 3. The van der Waals surface area contributed by atoms with Gasteiger partial charge in [0.25, 0.3) is 10.0 Å². The molecule has 1 fully saturated rings. The van der Waals surface area contributed by atoms with Gasteiger partial charge in [0.1, 0.15) is 5.82 Å². The number of halogens is 3. The molecular weight excluding hydrogens is 493 g/mol. The molecule has 11 heteroatoms. The van der Waals surface area contributed by atoms with Crippen molar-refractivity contribution in [2.24, 2.45) is 5.92 Å². The van der Waals surface area contributed by atoms with Crippen molar-refractivity contribution in [3.63, 3.8) is 0 Å². The molecule has 2 atom stereocenters. The lowest BCUT2D eigenvalue weighted by molar-refractivity contribution is -0.136. The Bertz CT molecular complexity index is 1540. The van der Waals surface area contributed by atoms with Crippen LogP contribution in [0.15, 0.2) is 84.1 Å². The first-order valence-electron chi connectivity index (χ1n) is 10.9. The number of hydrogen-bond acceptors (Lipinski definition) is 5. The fourth-order valence-corrected chi connectivity index (χ4v) is 5.08. The number of benzene rings is 2. The summed E-state index contributed by atoms with van der Waals surface area (Å²) < 4.78 is 67.5. The van der Waals surface area contributed by atoms with Crippen molar-refractivity contribution >= 4 is 38.2 Å². The van der Waals surface area contributed by atoms with Crippen LogP contribution in [0.25, 0.3) is 10.8 Å². The Balaban J connectivity index is 1.27. The Morgan fingerprint density at radius 3 is 2.47 bits per heavy atom. The van der Waals surface area contributed by atoms with Crippen LogP contribution < -0.4 is 10.0 Å². The first kappa shape index (κ1) is 23.7. The lowest BCUT2D eigenvalue weighted by Gasteiger charge is -2.12. The minimum Gasteiger partial charge on any atom is -0.326 e. The summed E-state index contributed by atoms with van der Waals surface area (Å²) in [5.41, 5.74) is 0.195. The van der Waals surface area contributed by atoms with E-state index in [1.165, 1.54) is 48.8 Å². The number of nitrogens with one attached hydrogen (secondary N) is 2. The number of hydrogen-bond donors (Lipinski definition) is 2. The van der Waals surface area contributed by atoms with E-state index in [1.54, 1.807) is 24.3 Å². The standard InChI is InChI=1S/C25H19F3N4O3S/c26-25(27,28)22-14-29-13-16-4-7-17(11-20(16)22)31-24(33)21-12-19(21)15-5-8-18(9-6-15)36(34,35)32-23-3-1-2-10-30-23/h1-11,13-14,19,21H,12H2,(H,30,32)(H,31,33)/t19?,21-/m1/s1. The van der Waals surface area contributed by atoms with Crippen LogP contribution >= 0.6 is 0 Å². The van der Waals surface area contributed by atoms with Gasteiger partial charge in [-0.2, -0.15) is 13.2 Å². The fourth-order valence-electron chi connectivity index (χ4n) is 4.07. The largest absolute Gasteiger partial charge is 0.418 e. The van der Waals surface area contributed by atoms with E-state index in [-0.39, 0.29) is 39.5 Å². The van der Waals surface area contributed by atoms with Crippen LogP contribution in [-0.2, 0) is 21.0 Å². The minimum absolute atomic E-state index is 0.0428.